The summed E-state index contributed by atoms with van der Waals surface area (Å²) in [4.78, 5) is 11.2. The van der Waals surface area contributed by atoms with Crippen molar-refractivity contribution in [1.82, 2.24) is 0 Å². The molecular weight excluding hydrogens is 310 g/mol. The Labute approximate surface area is 121 Å². The molecule has 4 nitrogen and oxygen atoms in total. The second-order valence-electron chi connectivity index (χ2n) is 5.58. The molecule has 3 N–H and O–H groups in total. The fraction of sp³-hybridized carbons (Fsp3) is 0.500. The molecule has 1 unspecified atom stereocenters. The minimum absolute atomic E-state index is 0.351. The molecule has 0 saturated carbocycles. The topological polar surface area (TPSA) is 72.5 Å². The predicted octanol–water partition coefficient (Wildman–Crippen LogP) is 2.88. The van der Waals surface area contributed by atoms with Crippen molar-refractivity contribution in [2.45, 2.75) is 32.7 Å². The third-order valence-corrected chi connectivity index (χ3v) is 3.94. The van der Waals surface area contributed by atoms with Gasteiger partial charge in [-0.1, -0.05) is 15.9 Å². The molecule has 1 heterocycles. The zero-order chi connectivity index (χ0) is 14.2. The summed E-state index contributed by atoms with van der Waals surface area (Å²) in [5.74, 6) is -0.00704. The van der Waals surface area contributed by atoms with Crippen LogP contribution in [0.25, 0.3) is 0 Å². The maximum atomic E-state index is 11.2. The van der Waals surface area contributed by atoms with Crippen molar-refractivity contribution in [2.75, 3.05) is 6.61 Å². The lowest BCUT2D eigenvalue weighted by Crippen LogP contribution is -2.29. The van der Waals surface area contributed by atoms with Crippen LogP contribution in [-0.4, -0.2) is 17.7 Å². The highest BCUT2D eigenvalue weighted by atomic mass is 79.9. The summed E-state index contributed by atoms with van der Waals surface area (Å²) in [6.07, 6.45) is 1.24. The zero-order valence-corrected chi connectivity index (χ0v) is 12.7. The predicted molar refractivity (Wildman–Crippen MR) is 76.3 cm³/mol. The quantitative estimate of drug-likeness (QED) is 0.891. The van der Waals surface area contributed by atoms with E-state index in [-0.39, 0.29) is 6.04 Å². The van der Waals surface area contributed by atoms with E-state index >= 15 is 0 Å². The number of ether oxygens (including phenoxy) is 1. The van der Waals surface area contributed by atoms with E-state index in [1.54, 1.807) is 13.8 Å². The average molecular weight is 328 g/mol. The summed E-state index contributed by atoms with van der Waals surface area (Å²) in [6.45, 7) is 4.04. The highest BCUT2D eigenvalue weighted by molar-refractivity contribution is 9.10. The van der Waals surface area contributed by atoms with Crippen LogP contribution >= 0.6 is 15.9 Å². The lowest BCUT2D eigenvalue weighted by Gasteiger charge is -2.24. The molecule has 0 aliphatic carbocycles. The number of carboxylic acid groups (broad SMARTS) is 1. The molecule has 0 amide bonds. The molecule has 5 heteroatoms. The van der Waals surface area contributed by atoms with Gasteiger partial charge in [0.15, 0.2) is 0 Å². The first-order valence-corrected chi connectivity index (χ1v) is 7.04. The number of nitrogens with two attached hydrogens (primary N) is 1. The van der Waals surface area contributed by atoms with Crippen molar-refractivity contribution in [1.29, 1.82) is 0 Å². The number of carboxylic acids is 1. The minimum atomic E-state index is -0.854. The van der Waals surface area contributed by atoms with Crippen molar-refractivity contribution in [3.05, 3.63) is 27.7 Å². The van der Waals surface area contributed by atoms with E-state index in [0.717, 1.165) is 27.8 Å². The summed E-state index contributed by atoms with van der Waals surface area (Å²) in [5.41, 5.74) is 7.36. The normalized spacial score (nSPS) is 15.8. The van der Waals surface area contributed by atoms with E-state index in [4.69, 9.17) is 10.5 Å². The van der Waals surface area contributed by atoms with Crippen LogP contribution in [0, 0.1) is 5.41 Å². The molecule has 0 bridgehead atoms. The monoisotopic (exact) mass is 327 g/mol. The first-order valence-electron chi connectivity index (χ1n) is 6.25. The molecule has 0 spiro atoms. The van der Waals surface area contributed by atoms with Gasteiger partial charge in [0.25, 0.3) is 0 Å². The number of hydrogen-bond donors (Lipinski definition) is 2. The van der Waals surface area contributed by atoms with Crippen LogP contribution in [0.2, 0.25) is 0 Å². The van der Waals surface area contributed by atoms with E-state index in [2.05, 4.69) is 15.9 Å². The first-order chi connectivity index (χ1) is 8.81. The fourth-order valence-corrected chi connectivity index (χ4v) is 2.84. The van der Waals surface area contributed by atoms with E-state index < -0.39 is 11.4 Å². The number of aliphatic carboxylic acids is 1. The van der Waals surface area contributed by atoms with Gasteiger partial charge in [-0.05, 0) is 38.0 Å². The smallest absolute Gasteiger partial charge is 0.309 e. The maximum Gasteiger partial charge on any atom is 0.309 e. The van der Waals surface area contributed by atoms with Crippen LogP contribution in [-0.2, 0) is 11.2 Å². The van der Waals surface area contributed by atoms with Gasteiger partial charge in [-0.3, -0.25) is 4.79 Å². The van der Waals surface area contributed by atoms with Crippen molar-refractivity contribution in [3.63, 3.8) is 0 Å². The summed E-state index contributed by atoms with van der Waals surface area (Å²) in [5, 5.41) is 9.19. The third-order valence-electron chi connectivity index (χ3n) is 3.49. The maximum absolute atomic E-state index is 11.2. The summed E-state index contributed by atoms with van der Waals surface area (Å²) >= 11 is 3.47. The van der Waals surface area contributed by atoms with Gasteiger partial charge in [-0.15, -0.1) is 0 Å². The molecule has 19 heavy (non-hydrogen) atoms. The average Bonchev–Trinajstić information content (AvgIpc) is 2.74. The lowest BCUT2D eigenvalue weighted by molar-refractivity contribution is -0.147. The standard InChI is InChI=1S/C14H18BrNO3/c1-14(2,13(17)18)7-11(16)10-6-9(15)5-8-3-4-19-12(8)10/h5-6,11H,3-4,7,16H2,1-2H3,(H,17,18). The van der Waals surface area contributed by atoms with E-state index in [9.17, 15) is 9.90 Å². The SMILES string of the molecule is CC(C)(CC(N)c1cc(Br)cc2c1OCC2)C(=O)O. The van der Waals surface area contributed by atoms with Gasteiger partial charge in [-0.25, -0.2) is 0 Å². The Kier molecular flexibility index (Phi) is 3.87. The molecule has 104 valence electrons. The van der Waals surface area contributed by atoms with Crippen LogP contribution in [0.15, 0.2) is 16.6 Å². The molecule has 0 aromatic heterocycles. The Bertz CT molecular complexity index is 514. The summed E-state index contributed by atoms with van der Waals surface area (Å²) in [7, 11) is 0. The van der Waals surface area contributed by atoms with E-state index in [1.165, 1.54) is 0 Å². The van der Waals surface area contributed by atoms with Crippen LogP contribution in [0.5, 0.6) is 5.75 Å². The molecule has 0 radical (unpaired) electrons. The van der Waals surface area contributed by atoms with Crippen molar-refractivity contribution >= 4 is 21.9 Å². The Balaban J connectivity index is 2.30. The van der Waals surface area contributed by atoms with Gasteiger partial charge in [-0.2, -0.15) is 0 Å². The van der Waals surface area contributed by atoms with Crippen LogP contribution in [0.3, 0.4) is 0 Å². The highest BCUT2D eigenvalue weighted by Crippen LogP contribution is 2.39. The molecule has 1 atom stereocenters. The Hall–Kier alpha value is -1.07. The Morgan fingerprint density at radius 3 is 2.89 bits per heavy atom. The molecular formula is C14H18BrNO3. The lowest BCUT2D eigenvalue weighted by atomic mass is 9.83. The number of carbonyl (C=O) groups is 1. The van der Waals surface area contributed by atoms with Gasteiger partial charge in [0.05, 0.1) is 12.0 Å². The highest BCUT2D eigenvalue weighted by Gasteiger charge is 2.32. The van der Waals surface area contributed by atoms with Gasteiger partial charge in [0.2, 0.25) is 0 Å². The zero-order valence-electron chi connectivity index (χ0n) is 11.1. The first kappa shape index (κ1) is 14.3. The molecule has 1 aromatic rings. The molecule has 0 fully saturated rings. The summed E-state index contributed by atoms with van der Waals surface area (Å²) < 4.78 is 6.59. The largest absolute Gasteiger partial charge is 0.493 e. The van der Waals surface area contributed by atoms with Gasteiger partial charge in [0.1, 0.15) is 5.75 Å². The van der Waals surface area contributed by atoms with Gasteiger partial charge < -0.3 is 15.6 Å². The molecule has 1 aliphatic rings. The van der Waals surface area contributed by atoms with Crippen LogP contribution in [0.1, 0.15) is 37.4 Å². The third kappa shape index (κ3) is 2.92. The number of halogens is 1. The fourth-order valence-electron chi connectivity index (χ4n) is 2.32. The second kappa shape index (κ2) is 5.13. The van der Waals surface area contributed by atoms with Crippen molar-refractivity contribution < 1.29 is 14.6 Å². The van der Waals surface area contributed by atoms with Crippen molar-refractivity contribution in [3.8, 4) is 5.75 Å². The van der Waals surface area contributed by atoms with Crippen molar-refractivity contribution in [2.24, 2.45) is 11.1 Å². The number of benzene rings is 1. The number of fused-ring (bicyclic) bond motifs is 1. The Morgan fingerprint density at radius 2 is 2.26 bits per heavy atom. The van der Waals surface area contributed by atoms with Crippen LogP contribution < -0.4 is 10.5 Å². The second-order valence-corrected chi connectivity index (χ2v) is 6.50. The van der Waals surface area contributed by atoms with Crippen LogP contribution in [0.4, 0.5) is 0 Å². The van der Waals surface area contributed by atoms with Gasteiger partial charge >= 0.3 is 5.97 Å². The Morgan fingerprint density at radius 1 is 1.58 bits per heavy atom. The minimum Gasteiger partial charge on any atom is -0.493 e. The van der Waals surface area contributed by atoms with Gasteiger partial charge in [0, 0.05) is 22.5 Å². The van der Waals surface area contributed by atoms with E-state index in [0.29, 0.717) is 13.0 Å². The molecule has 0 saturated heterocycles. The molecule has 2 rings (SSSR count). The summed E-state index contributed by atoms with van der Waals surface area (Å²) in [6, 6.07) is 3.60. The molecule has 1 aromatic carbocycles. The number of rotatable bonds is 4. The molecule has 1 aliphatic heterocycles. The number of hydrogen-bond acceptors (Lipinski definition) is 3. The van der Waals surface area contributed by atoms with E-state index in [1.807, 2.05) is 12.1 Å².